The monoisotopic (exact) mass is 344 g/mol. The van der Waals surface area contributed by atoms with Gasteiger partial charge in [-0.1, -0.05) is 6.07 Å². The first-order valence-corrected chi connectivity index (χ1v) is 8.55. The van der Waals surface area contributed by atoms with Crippen molar-refractivity contribution in [1.29, 1.82) is 0 Å². The largest absolute Gasteiger partial charge is 0.467 e. The number of hydrogen-bond acceptors (Lipinski definition) is 5. The molecule has 7 nitrogen and oxygen atoms in total. The van der Waals surface area contributed by atoms with Crippen LogP contribution in [-0.4, -0.2) is 41.8 Å². The maximum atomic E-state index is 12.0. The molecule has 0 spiro atoms. The number of carbonyl (C=O) groups excluding carboxylic acids is 1. The molecule has 134 valence electrons. The summed E-state index contributed by atoms with van der Waals surface area (Å²) in [5.41, 5.74) is 1.15. The molecule has 2 amide bonds. The highest BCUT2D eigenvalue weighted by Gasteiger charge is 2.22. The Balaban J connectivity index is 1.39. The van der Waals surface area contributed by atoms with Crippen molar-refractivity contribution in [3.63, 3.8) is 0 Å². The van der Waals surface area contributed by atoms with E-state index in [2.05, 4.69) is 26.6 Å². The van der Waals surface area contributed by atoms with E-state index >= 15 is 0 Å². The maximum absolute atomic E-state index is 12.0. The van der Waals surface area contributed by atoms with E-state index in [-0.39, 0.29) is 18.6 Å². The van der Waals surface area contributed by atoms with Crippen molar-refractivity contribution in [1.82, 2.24) is 15.6 Å². The molecule has 1 aliphatic rings. The normalized spacial score (nSPS) is 16.5. The van der Waals surface area contributed by atoms with Crippen LogP contribution in [0.25, 0.3) is 0 Å². The Hall–Kier alpha value is -2.54. The zero-order valence-corrected chi connectivity index (χ0v) is 14.3. The molecule has 0 saturated carbocycles. The Morgan fingerprint density at radius 3 is 2.84 bits per heavy atom. The topological polar surface area (TPSA) is 90.6 Å². The van der Waals surface area contributed by atoms with Crippen LogP contribution in [0.4, 0.5) is 10.6 Å². The van der Waals surface area contributed by atoms with Gasteiger partial charge in [0.2, 0.25) is 0 Å². The number of nitrogens with zero attached hydrogens (tertiary/aromatic N) is 2. The fourth-order valence-corrected chi connectivity index (χ4v) is 2.91. The van der Waals surface area contributed by atoms with E-state index in [1.807, 2.05) is 19.2 Å². The fourth-order valence-electron chi connectivity index (χ4n) is 2.91. The highest BCUT2D eigenvalue weighted by Crippen LogP contribution is 2.18. The number of furan rings is 1. The lowest BCUT2D eigenvalue weighted by Crippen LogP contribution is -2.48. The molecule has 1 fully saturated rings. The van der Waals surface area contributed by atoms with Crippen LogP contribution in [0, 0.1) is 6.92 Å². The number of pyridine rings is 1. The third kappa shape index (κ3) is 4.73. The van der Waals surface area contributed by atoms with E-state index in [9.17, 15) is 9.90 Å². The van der Waals surface area contributed by atoms with E-state index < -0.39 is 6.10 Å². The molecule has 3 N–H and O–H groups in total. The molecule has 0 radical (unpaired) electrons. The van der Waals surface area contributed by atoms with Gasteiger partial charge in [-0.3, -0.25) is 0 Å². The van der Waals surface area contributed by atoms with Gasteiger partial charge in [-0.25, -0.2) is 9.78 Å². The summed E-state index contributed by atoms with van der Waals surface area (Å²) >= 11 is 0. The molecular weight excluding hydrogens is 320 g/mol. The molecule has 2 aromatic heterocycles. The third-order valence-corrected chi connectivity index (χ3v) is 4.38. The van der Waals surface area contributed by atoms with Gasteiger partial charge in [0.25, 0.3) is 0 Å². The molecular formula is C18H24N4O3. The van der Waals surface area contributed by atoms with Gasteiger partial charge in [0.05, 0.1) is 12.8 Å². The average Bonchev–Trinajstić information content (AvgIpc) is 3.16. The second kappa shape index (κ2) is 8.02. The highest BCUT2D eigenvalue weighted by molar-refractivity contribution is 5.74. The predicted octanol–water partition coefficient (Wildman–Crippen LogP) is 1.98. The minimum atomic E-state index is -0.838. The summed E-state index contributed by atoms with van der Waals surface area (Å²) in [6.07, 6.45) is 4.26. The number of aryl methyl sites for hydroxylation is 1. The van der Waals surface area contributed by atoms with Gasteiger partial charge in [-0.15, -0.1) is 0 Å². The van der Waals surface area contributed by atoms with Gasteiger partial charge in [0.1, 0.15) is 17.7 Å². The van der Waals surface area contributed by atoms with Crippen molar-refractivity contribution < 1.29 is 14.3 Å². The Bertz CT molecular complexity index is 664. The zero-order valence-electron chi connectivity index (χ0n) is 14.3. The van der Waals surface area contributed by atoms with Crippen molar-refractivity contribution in [2.45, 2.75) is 31.9 Å². The minimum absolute atomic E-state index is 0.117. The third-order valence-electron chi connectivity index (χ3n) is 4.38. The summed E-state index contributed by atoms with van der Waals surface area (Å²) in [6.45, 7) is 3.85. The van der Waals surface area contributed by atoms with Gasteiger partial charge in [0.15, 0.2) is 0 Å². The molecule has 1 unspecified atom stereocenters. The van der Waals surface area contributed by atoms with Crippen LogP contribution in [0.3, 0.4) is 0 Å². The number of piperidine rings is 1. The second-order valence-corrected chi connectivity index (χ2v) is 6.34. The smallest absolute Gasteiger partial charge is 0.315 e. The van der Waals surface area contributed by atoms with E-state index in [0.29, 0.717) is 5.76 Å². The van der Waals surface area contributed by atoms with Gasteiger partial charge < -0.3 is 25.1 Å². The summed E-state index contributed by atoms with van der Waals surface area (Å²) in [5, 5.41) is 15.5. The van der Waals surface area contributed by atoms with Crippen LogP contribution in [-0.2, 0) is 0 Å². The van der Waals surface area contributed by atoms with Gasteiger partial charge in [0, 0.05) is 25.3 Å². The van der Waals surface area contributed by atoms with E-state index in [1.165, 1.54) is 6.26 Å². The highest BCUT2D eigenvalue weighted by atomic mass is 16.4. The van der Waals surface area contributed by atoms with Gasteiger partial charge >= 0.3 is 6.03 Å². The SMILES string of the molecule is Cc1ccc(N2CCC(NC(=O)NCC(O)c3ccco3)CC2)nc1. The zero-order chi connectivity index (χ0) is 17.6. The van der Waals surface area contributed by atoms with Crippen LogP contribution < -0.4 is 15.5 Å². The van der Waals surface area contributed by atoms with Gasteiger partial charge in [-0.2, -0.15) is 0 Å². The number of nitrogens with one attached hydrogen (secondary N) is 2. The number of carbonyl (C=O) groups is 1. The predicted molar refractivity (Wildman–Crippen MR) is 94.4 cm³/mol. The molecule has 1 aliphatic heterocycles. The first-order valence-electron chi connectivity index (χ1n) is 8.55. The summed E-state index contributed by atoms with van der Waals surface area (Å²) < 4.78 is 5.11. The van der Waals surface area contributed by atoms with Crippen molar-refractivity contribution in [3.05, 3.63) is 48.0 Å². The Kier molecular flexibility index (Phi) is 5.55. The summed E-state index contributed by atoms with van der Waals surface area (Å²) in [7, 11) is 0. The molecule has 7 heteroatoms. The lowest BCUT2D eigenvalue weighted by Gasteiger charge is -2.33. The maximum Gasteiger partial charge on any atom is 0.315 e. The lowest BCUT2D eigenvalue weighted by atomic mass is 10.1. The number of aromatic nitrogens is 1. The minimum Gasteiger partial charge on any atom is -0.467 e. The Morgan fingerprint density at radius 2 is 2.20 bits per heavy atom. The van der Waals surface area contributed by atoms with Crippen LogP contribution in [0.5, 0.6) is 0 Å². The number of urea groups is 1. The number of anilines is 1. The summed E-state index contributed by atoms with van der Waals surface area (Å²) in [4.78, 5) is 18.7. The van der Waals surface area contributed by atoms with Crippen molar-refractivity contribution >= 4 is 11.8 Å². The molecule has 2 aromatic rings. The molecule has 1 atom stereocenters. The van der Waals surface area contributed by atoms with Crippen molar-refractivity contribution in [3.8, 4) is 0 Å². The molecule has 3 heterocycles. The number of aliphatic hydroxyl groups excluding tert-OH is 1. The Morgan fingerprint density at radius 1 is 1.40 bits per heavy atom. The van der Waals surface area contributed by atoms with Crippen LogP contribution in [0.1, 0.15) is 30.3 Å². The lowest BCUT2D eigenvalue weighted by molar-refractivity contribution is 0.147. The number of rotatable bonds is 5. The molecule has 0 aromatic carbocycles. The molecule has 0 bridgehead atoms. The van der Waals surface area contributed by atoms with Crippen molar-refractivity contribution in [2.24, 2.45) is 0 Å². The molecule has 3 rings (SSSR count). The van der Waals surface area contributed by atoms with Crippen LogP contribution in [0.15, 0.2) is 41.1 Å². The summed E-state index contributed by atoms with van der Waals surface area (Å²) in [6, 6.07) is 7.34. The van der Waals surface area contributed by atoms with E-state index in [4.69, 9.17) is 4.42 Å². The number of amides is 2. The van der Waals surface area contributed by atoms with E-state index in [1.54, 1.807) is 12.1 Å². The first-order chi connectivity index (χ1) is 12.1. The standard InChI is InChI=1S/C18H24N4O3/c1-13-4-5-17(19-11-13)22-8-6-14(7-9-22)21-18(24)20-12-15(23)16-3-2-10-25-16/h2-5,10-11,14-15,23H,6-9,12H2,1H3,(H2,20,21,24). The average molecular weight is 344 g/mol. The molecule has 25 heavy (non-hydrogen) atoms. The first kappa shape index (κ1) is 17.3. The van der Waals surface area contributed by atoms with Crippen LogP contribution in [0.2, 0.25) is 0 Å². The fraction of sp³-hybridized carbons (Fsp3) is 0.444. The van der Waals surface area contributed by atoms with Crippen molar-refractivity contribution in [2.75, 3.05) is 24.5 Å². The molecule has 0 aliphatic carbocycles. The quantitative estimate of drug-likeness (QED) is 0.772. The Labute approximate surface area is 147 Å². The molecule has 1 saturated heterocycles. The van der Waals surface area contributed by atoms with E-state index in [0.717, 1.165) is 37.3 Å². The second-order valence-electron chi connectivity index (χ2n) is 6.34. The summed E-state index contributed by atoms with van der Waals surface area (Å²) in [5.74, 6) is 1.43. The van der Waals surface area contributed by atoms with Crippen LogP contribution >= 0.6 is 0 Å². The number of hydrogen-bond donors (Lipinski definition) is 3. The van der Waals surface area contributed by atoms with Gasteiger partial charge in [-0.05, 0) is 43.5 Å². The number of aliphatic hydroxyl groups is 1.